The van der Waals surface area contributed by atoms with Crippen molar-refractivity contribution in [1.82, 2.24) is 0 Å². The molecule has 2 aromatic rings. The zero-order valence-electron chi connectivity index (χ0n) is 8.83. The predicted octanol–water partition coefficient (Wildman–Crippen LogP) is 3.06. The molecule has 0 aliphatic rings. The van der Waals surface area contributed by atoms with E-state index in [-0.39, 0.29) is 5.69 Å². The number of nitro benzene ring substituents is 1. The van der Waals surface area contributed by atoms with E-state index in [0.29, 0.717) is 11.3 Å². The summed E-state index contributed by atoms with van der Waals surface area (Å²) in [5, 5.41) is 10.5. The second-order valence-electron chi connectivity index (χ2n) is 3.52. The molecule has 0 aliphatic heterocycles. The maximum absolute atomic E-state index is 10.5. The topological polar surface area (TPSA) is 60.2 Å². The van der Waals surface area contributed by atoms with E-state index in [2.05, 4.69) is 0 Å². The number of rotatable bonds is 4. The highest BCUT2D eigenvalue weighted by Gasteiger charge is 2.05. The molecule has 2 rings (SSSR count). The highest BCUT2D eigenvalue weighted by atomic mass is 32.1. The van der Waals surface area contributed by atoms with E-state index < -0.39 is 4.92 Å². The van der Waals surface area contributed by atoms with Crippen LogP contribution in [0.5, 0.6) is 0 Å². The van der Waals surface area contributed by atoms with Crippen molar-refractivity contribution in [2.24, 2.45) is 0 Å². The number of hydrogen-bond acceptors (Lipinski definition) is 4. The number of nitrogens with zero attached hydrogens (tertiary/aromatic N) is 1. The van der Waals surface area contributed by atoms with Gasteiger partial charge in [0.25, 0.3) is 5.69 Å². The number of thiophene rings is 1. The van der Waals surface area contributed by atoms with Crippen LogP contribution >= 0.6 is 11.3 Å². The van der Waals surface area contributed by atoms with Gasteiger partial charge in [-0.3, -0.25) is 14.9 Å². The molecule has 0 unspecified atom stereocenters. The summed E-state index contributed by atoms with van der Waals surface area (Å²) in [4.78, 5) is 22.4. The maximum atomic E-state index is 10.5. The monoisotopic (exact) mass is 247 g/mol. The third kappa shape index (κ3) is 2.76. The van der Waals surface area contributed by atoms with Crippen LogP contribution in [0.15, 0.2) is 36.4 Å². The molecule has 0 radical (unpaired) electrons. The van der Waals surface area contributed by atoms with E-state index in [1.165, 1.54) is 23.5 Å². The van der Waals surface area contributed by atoms with Crippen LogP contribution in [-0.4, -0.2) is 11.2 Å². The molecule has 0 spiro atoms. The van der Waals surface area contributed by atoms with E-state index in [4.69, 9.17) is 0 Å². The van der Waals surface area contributed by atoms with Gasteiger partial charge in [-0.2, -0.15) is 0 Å². The van der Waals surface area contributed by atoms with Crippen LogP contribution in [0.2, 0.25) is 0 Å². The van der Waals surface area contributed by atoms with Crippen LogP contribution in [0.3, 0.4) is 0 Å². The summed E-state index contributed by atoms with van der Waals surface area (Å²) in [6, 6.07) is 10.1. The summed E-state index contributed by atoms with van der Waals surface area (Å²) in [6.45, 7) is 0. The Hall–Kier alpha value is -2.01. The van der Waals surface area contributed by atoms with Gasteiger partial charge >= 0.3 is 0 Å². The first-order chi connectivity index (χ1) is 8.19. The van der Waals surface area contributed by atoms with E-state index in [9.17, 15) is 14.9 Å². The standard InChI is InChI=1S/C12H9NO3S/c14-8-12-6-5-11(17-12)7-9-1-3-10(4-2-9)13(15)16/h1-6,8H,7H2. The van der Waals surface area contributed by atoms with Crippen molar-refractivity contribution in [2.45, 2.75) is 6.42 Å². The average Bonchev–Trinajstić information content (AvgIpc) is 2.77. The zero-order valence-corrected chi connectivity index (χ0v) is 9.65. The highest BCUT2D eigenvalue weighted by Crippen LogP contribution is 2.20. The molecule has 0 saturated heterocycles. The number of aldehydes is 1. The smallest absolute Gasteiger partial charge is 0.269 e. The Kier molecular flexibility index (Phi) is 3.30. The van der Waals surface area contributed by atoms with Crippen LogP contribution in [0.25, 0.3) is 0 Å². The Morgan fingerprint density at radius 3 is 2.41 bits per heavy atom. The summed E-state index contributed by atoms with van der Waals surface area (Å²) in [5.41, 5.74) is 1.09. The molecule has 1 aromatic carbocycles. The first kappa shape index (κ1) is 11.5. The average molecular weight is 247 g/mol. The first-order valence-electron chi connectivity index (χ1n) is 4.96. The summed E-state index contributed by atoms with van der Waals surface area (Å²) in [7, 11) is 0. The van der Waals surface area contributed by atoms with Crippen molar-refractivity contribution in [3.63, 3.8) is 0 Å². The number of carbonyl (C=O) groups excluding carboxylic acids is 1. The van der Waals surface area contributed by atoms with E-state index in [1.807, 2.05) is 6.07 Å². The van der Waals surface area contributed by atoms with Crippen molar-refractivity contribution in [2.75, 3.05) is 0 Å². The molecule has 17 heavy (non-hydrogen) atoms. The molecule has 5 heteroatoms. The van der Waals surface area contributed by atoms with Gasteiger partial charge in [0, 0.05) is 23.4 Å². The molecule has 1 aromatic heterocycles. The SMILES string of the molecule is O=Cc1ccc(Cc2ccc([N+](=O)[O-])cc2)s1. The largest absolute Gasteiger partial charge is 0.297 e. The predicted molar refractivity (Wildman–Crippen MR) is 65.6 cm³/mol. The fourth-order valence-corrected chi connectivity index (χ4v) is 2.35. The molecule has 0 fully saturated rings. The molecule has 0 N–H and O–H groups in total. The molecular formula is C12H9NO3S. The minimum absolute atomic E-state index is 0.0912. The van der Waals surface area contributed by atoms with Crippen molar-refractivity contribution < 1.29 is 9.72 Å². The lowest BCUT2D eigenvalue weighted by Crippen LogP contribution is -1.89. The minimum atomic E-state index is -0.417. The van der Waals surface area contributed by atoms with Crippen molar-refractivity contribution >= 4 is 23.3 Å². The molecule has 0 atom stereocenters. The van der Waals surface area contributed by atoms with Crippen LogP contribution in [0.4, 0.5) is 5.69 Å². The zero-order chi connectivity index (χ0) is 12.3. The second kappa shape index (κ2) is 4.88. The van der Waals surface area contributed by atoms with Gasteiger partial charge in [0.05, 0.1) is 9.80 Å². The van der Waals surface area contributed by atoms with E-state index >= 15 is 0 Å². The quantitative estimate of drug-likeness (QED) is 0.474. The van der Waals surface area contributed by atoms with Crippen LogP contribution in [0.1, 0.15) is 20.1 Å². The van der Waals surface area contributed by atoms with Crippen molar-refractivity contribution in [3.05, 3.63) is 61.8 Å². The maximum Gasteiger partial charge on any atom is 0.269 e. The normalized spacial score (nSPS) is 10.1. The van der Waals surface area contributed by atoms with E-state index in [1.54, 1.807) is 18.2 Å². The van der Waals surface area contributed by atoms with Gasteiger partial charge in [-0.15, -0.1) is 11.3 Å². The fourth-order valence-electron chi connectivity index (χ4n) is 1.49. The van der Waals surface area contributed by atoms with Crippen molar-refractivity contribution in [3.8, 4) is 0 Å². The van der Waals surface area contributed by atoms with Crippen LogP contribution in [0, 0.1) is 10.1 Å². The van der Waals surface area contributed by atoms with Gasteiger partial charge in [0.15, 0.2) is 6.29 Å². The molecule has 0 bridgehead atoms. The Bertz CT molecular complexity index is 545. The van der Waals surface area contributed by atoms with Gasteiger partial charge in [-0.1, -0.05) is 12.1 Å². The van der Waals surface area contributed by atoms with E-state index in [0.717, 1.165) is 16.7 Å². The Labute approximate surface area is 102 Å². The first-order valence-corrected chi connectivity index (χ1v) is 5.78. The minimum Gasteiger partial charge on any atom is -0.297 e. The van der Waals surface area contributed by atoms with Crippen LogP contribution < -0.4 is 0 Å². The summed E-state index contributed by atoms with van der Waals surface area (Å²) in [6.07, 6.45) is 1.51. The summed E-state index contributed by atoms with van der Waals surface area (Å²) in [5.74, 6) is 0. The van der Waals surface area contributed by atoms with Gasteiger partial charge in [0.1, 0.15) is 0 Å². The third-order valence-electron chi connectivity index (χ3n) is 2.32. The van der Waals surface area contributed by atoms with Gasteiger partial charge in [0.2, 0.25) is 0 Å². The molecule has 0 saturated carbocycles. The molecular weight excluding hydrogens is 238 g/mol. The molecule has 0 amide bonds. The van der Waals surface area contributed by atoms with Gasteiger partial charge < -0.3 is 0 Å². The number of hydrogen-bond donors (Lipinski definition) is 0. The Balaban J connectivity index is 2.13. The van der Waals surface area contributed by atoms with Crippen LogP contribution in [-0.2, 0) is 6.42 Å². The number of nitro groups is 1. The lowest BCUT2D eigenvalue weighted by Gasteiger charge is -1.98. The number of benzene rings is 1. The molecule has 4 nitrogen and oxygen atoms in total. The lowest BCUT2D eigenvalue weighted by atomic mass is 10.1. The number of non-ortho nitro benzene ring substituents is 1. The molecule has 0 aliphatic carbocycles. The third-order valence-corrected chi connectivity index (χ3v) is 3.33. The Morgan fingerprint density at radius 1 is 1.18 bits per heavy atom. The summed E-state index contributed by atoms with van der Waals surface area (Å²) >= 11 is 1.44. The van der Waals surface area contributed by atoms with Crippen molar-refractivity contribution in [1.29, 1.82) is 0 Å². The summed E-state index contributed by atoms with van der Waals surface area (Å²) < 4.78 is 0. The Morgan fingerprint density at radius 2 is 1.88 bits per heavy atom. The van der Waals surface area contributed by atoms with Gasteiger partial charge in [-0.05, 0) is 17.7 Å². The highest BCUT2D eigenvalue weighted by molar-refractivity contribution is 7.13. The second-order valence-corrected chi connectivity index (χ2v) is 4.72. The lowest BCUT2D eigenvalue weighted by molar-refractivity contribution is -0.384. The number of carbonyl (C=O) groups is 1. The van der Waals surface area contributed by atoms with Gasteiger partial charge in [-0.25, -0.2) is 0 Å². The molecule has 1 heterocycles. The molecule has 86 valence electrons. The fraction of sp³-hybridized carbons (Fsp3) is 0.0833.